The molecule has 6 heteroatoms. The summed E-state index contributed by atoms with van der Waals surface area (Å²) in [5.41, 5.74) is 4.19. The molecule has 1 aromatic carbocycles. The number of carbonyl (C=O) groups excluding carboxylic acids is 1. The van der Waals surface area contributed by atoms with E-state index in [0.29, 0.717) is 12.3 Å². The van der Waals surface area contributed by atoms with Crippen molar-refractivity contribution in [3.8, 4) is 11.3 Å². The van der Waals surface area contributed by atoms with Gasteiger partial charge in [0.2, 0.25) is 0 Å². The molecule has 4 rings (SSSR count). The number of imidazole rings is 1. The van der Waals surface area contributed by atoms with Crippen molar-refractivity contribution >= 4 is 28.9 Å². The zero-order valence-electron chi connectivity index (χ0n) is 16.0. The summed E-state index contributed by atoms with van der Waals surface area (Å²) < 4.78 is 0. The Morgan fingerprint density at radius 2 is 1.93 bits per heavy atom. The van der Waals surface area contributed by atoms with Crippen molar-refractivity contribution in [2.24, 2.45) is 9.98 Å². The number of fused-ring (bicyclic) bond motifs is 1. The highest BCUT2D eigenvalue weighted by atomic mass is 16.1. The van der Waals surface area contributed by atoms with Crippen LogP contribution in [0.2, 0.25) is 0 Å². The van der Waals surface area contributed by atoms with Gasteiger partial charge >= 0.3 is 0 Å². The molecule has 0 spiro atoms. The van der Waals surface area contributed by atoms with Crippen LogP contribution in [-0.2, 0) is 11.2 Å². The second-order valence-corrected chi connectivity index (χ2v) is 7.14. The summed E-state index contributed by atoms with van der Waals surface area (Å²) in [4.78, 5) is 31.8. The number of aromatic amines is 1. The number of hydrogen-bond acceptors (Lipinski definition) is 5. The molecule has 0 unspecified atom stereocenters. The highest BCUT2D eigenvalue weighted by molar-refractivity contribution is 6.43. The van der Waals surface area contributed by atoms with E-state index < -0.39 is 0 Å². The van der Waals surface area contributed by atoms with Crippen LogP contribution in [0.4, 0.5) is 0 Å². The van der Waals surface area contributed by atoms with Crippen LogP contribution in [-0.4, -0.2) is 32.9 Å². The van der Waals surface area contributed by atoms with Gasteiger partial charge in [0.15, 0.2) is 11.6 Å². The lowest BCUT2D eigenvalue weighted by atomic mass is 10.1. The molecular formula is C22H23N5O. The van der Waals surface area contributed by atoms with E-state index in [1.165, 1.54) is 6.34 Å². The van der Waals surface area contributed by atoms with Gasteiger partial charge in [-0.15, -0.1) is 0 Å². The van der Waals surface area contributed by atoms with E-state index in [2.05, 4.69) is 49.2 Å². The first kappa shape index (κ1) is 18.2. The number of unbranched alkanes of at least 4 members (excludes halogenated alkanes) is 3. The molecule has 3 heterocycles. The van der Waals surface area contributed by atoms with E-state index in [1.54, 1.807) is 0 Å². The summed E-state index contributed by atoms with van der Waals surface area (Å²) in [7, 11) is 0. The number of nitrogens with one attached hydrogen (secondary N) is 1. The van der Waals surface area contributed by atoms with Crippen LogP contribution in [0.15, 0.2) is 46.5 Å². The van der Waals surface area contributed by atoms with Gasteiger partial charge in [-0.25, -0.2) is 15.0 Å². The van der Waals surface area contributed by atoms with Crippen LogP contribution < -0.4 is 0 Å². The maximum Gasteiger partial charge on any atom is 0.200 e. The Bertz CT molecular complexity index is 1060. The highest BCUT2D eigenvalue weighted by Gasteiger charge is 2.12. The molecule has 0 saturated heterocycles. The molecule has 0 atom stereocenters. The lowest BCUT2D eigenvalue weighted by Gasteiger charge is -2.04. The quantitative estimate of drug-likeness (QED) is 0.563. The SMILES string of the molecule is Cc1ccc2cc(-c3cnc(CCCCCCC(=O)C4=NC=N4)[nH]3)ccc2n1. The lowest BCUT2D eigenvalue weighted by molar-refractivity contribution is -0.113. The average molecular weight is 373 g/mol. The Hall–Kier alpha value is -3.15. The summed E-state index contributed by atoms with van der Waals surface area (Å²) in [5, 5.41) is 1.13. The Morgan fingerprint density at radius 1 is 1.07 bits per heavy atom. The molecule has 3 aromatic rings. The molecule has 0 amide bonds. The number of H-pyrrole nitrogens is 1. The van der Waals surface area contributed by atoms with Crippen molar-refractivity contribution in [2.45, 2.75) is 45.4 Å². The number of rotatable bonds is 9. The van der Waals surface area contributed by atoms with Crippen molar-refractivity contribution in [1.82, 2.24) is 15.0 Å². The minimum Gasteiger partial charge on any atom is -0.342 e. The highest BCUT2D eigenvalue weighted by Crippen LogP contribution is 2.23. The second kappa shape index (κ2) is 8.25. The molecule has 0 bridgehead atoms. The normalized spacial score (nSPS) is 12.8. The summed E-state index contributed by atoms with van der Waals surface area (Å²) in [5.74, 6) is 1.44. The van der Waals surface area contributed by atoms with E-state index in [9.17, 15) is 4.79 Å². The predicted molar refractivity (Wildman–Crippen MR) is 112 cm³/mol. The third-order valence-corrected chi connectivity index (χ3v) is 4.94. The number of amidine groups is 1. The number of ketones is 1. The first-order valence-corrected chi connectivity index (χ1v) is 9.74. The van der Waals surface area contributed by atoms with Gasteiger partial charge in [0.05, 0.1) is 17.4 Å². The van der Waals surface area contributed by atoms with Crippen LogP contribution in [0.3, 0.4) is 0 Å². The maximum absolute atomic E-state index is 11.7. The molecule has 0 saturated carbocycles. The van der Waals surface area contributed by atoms with Crippen molar-refractivity contribution in [2.75, 3.05) is 0 Å². The van der Waals surface area contributed by atoms with Crippen molar-refractivity contribution in [1.29, 1.82) is 0 Å². The fourth-order valence-electron chi connectivity index (χ4n) is 3.33. The van der Waals surface area contributed by atoms with Crippen LogP contribution in [0.1, 0.15) is 43.6 Å². The number of carbonyl (C=O) groups is 1. The molecule has 142 valence electrons. The Labute approximate surface area is 163 Å². The first-order valence-electron chi connectivity index (χ1n) is 9.74. The number of Topliss-reactive ketones (excluding diaryl/α,β-unsaturated/α-hetero) is 1. The van der Waals surface area contributed by atoms with E-state index in [-0.39, 0.29) is 5.78 Å². The molecule has 1 aliphatic heterocycles. The van der Waals surface area contributed by atoms with Gasteiger partial charge in [0.1, 0.15) is 12.2 Å². The number of aliphatic imine (C=N–C) groups is 2. The van der Waals surface area contributed by atoms with Crippen LogP contribution >= 0.6 is 0 Å². The lowest BCUT2D eigenvalue weighted by Crippen LogP contribution is -2.16. The van der Waals surface area contributed by atoms with Crippen LogP contribution in [0, 0.1) is 6.92 Å². The van der Waals surface area contributed by atoms with Crippen molar-refractivity contribution in [3.05, 3.63) is 48.0 Å². The Kier molecular flexibility index (Phi) is 5.37. The zero-order chi connectivity index (χ0) is 19.3. The number of aromatic nitrogens is 3. The largest absolute Gasteiger partial charge is 0.342 e. The zero-order valence-corrected chi connectivity index (χ0v) is 16.0. The van der Waals surface area contributed by atoms with Gasteiger partial charge in [-0.3, -0.25) is 9.78 Å². The smallest absolute Gasteiger partial charge is 0.200 e. The molecule has 0 aliphatic carbocycles. The van der Waals surface area contributed by atoms with Gasteiger partial charge in [-0.05, 0) is 38.0 Å². The third kappa shape index (κ3) is 4.22. The van der Waals surface area contributed by atoms with Crippen molar-refractivity contribution in [3.63, 3.8) is 0 Å². The molecule has 0 fully saturated rings. The Balaban J connectivity index is 1.25. The summed E-state index contributed by atoms with van der Waals surface area (Å²) >= 11 is 0. The molecule has 0 radical (unpaired) electrons. The molecule has 2 aromatic heterocycles. The topological polar surface area (TPSA) is 83.4 Å². The molecule has 1 N–H and O–H groups in total. The number of aryl methyl sites for hydroxylation is 2. The number of nitrogens with zero attached hydrogens (tertiary/aromatic N) is 4. The molecule has 6 nitrogen and oxygen atoms in total. The minimum absolute atomic E-state index is 0.0546. The van der Waals surface area contributed by atoms with E-state index in [4.69, 9.17) is 0 Å². The van der Waals surface area contributed by atoms with Gasteiger partial charge in [0.25, 0.3) is 0 Å². The van der Waals surface area contributed by atoms with E-state index >= 15 is 0 Å². The number of hydrogen-bond donors (Lipinski definition) is 1. The standard InChI is InChI=1S/C22H23N5O/c1-15-8-9-16-12-17(10-11-18(16)26-15)19-13-23-21(27-19)7-5-3-2-4-6-20(28)22-24-14-25-22/h8-14H,2-7H2,1H3,(H,23,27). The third-order valence-electron chi connectivity index (χ3n) is 4.94. The fourth-order valence-corrected chi connectivity index (χ4v) is 3.33. The summed E-state index contributed by atoms with van der Waals surface area (Å²) in [6.07, 6.45) is 8.84. The van der Waals surface area contributed by atoms with Crippen molar-refractivity contribution < 1.29 is 4.79 Å². The monoisotopic (exact) mass is 373 g/mol. The van der Waals surface area contributed by atoms with E-state index in [1.807, 2.05) is 19.2 Å². The van der Waals surface area contributed by atoms with Crippen LogP contribution in [0.25, 0.3) is 22.2 Å². The second-order valence-electron chi connectivity index (χ2n) is 7.14. The number of benzene rings is 1. The van der Waals surface area contributed by atoms with Gasteiger partial charge in [0, 0.05) is 29.5 Å². The maximum atomic E-state index is 11.7. The molecule has 28 heavy (non-hydrogen) atoms. The minimum atomic E-state index is 0.0546. The summed E-state index contributed by atoms with van der Waals surface area (Å²) in [6, 6.07) is 10.4. The van der Waals surface area contributed by atoms with E-state index in [0.717, 1.165) is 65.8 Å². The van der Waals surface area contributed by atoms with Gasteiger partial charge < -0.3 is 4.98 Å². The van der Waals surface area contributed by atoms with Gasteiger partial charge in [-0.1, -0.05) is 25.0 Å². The van der Waals surface area contributed by atoms with Gasteiger partial charge in [-0.2, -0.15) is 0 Å². The first-order chi connectivity index (χ1) is 13.7. The average Bonchev–Trinajstić information content (AvgIpc) is 3.11. The van der Waals surface area contributed by atoms with Crippen LogP contribution in [0.5, 0.6) is 0 Å². The number of pyridine rings is 1. The molecule has 1 aliphatic rings. The summed E-state index contributed by atoms with van der Waals surface area (Å²) in [6.45, 7) is 2.00. The Morgan fingerprint density at radius 3 is 2.75 bits per heavy atom. The molecular weight excluding hydrogens is 350 g/mol. The predicted octanol–water partition coefficient (Wildman–Crippen LogP) is 4.44. The fraction of sp³-hybridized carbons (Fsp3) is 0.318.